The summed E-state index contributed by atoms with van der Waals surface area (Å²) in [5.74, 6) is 0.512. The predicted molar refractivity (Wildman–Crippen MR) is 121 cm³/mol. The van der Waals surface area contributed by atoms with Gasteiger partial charge in [-0.1, -0.05) is 24.3 Å². The summed E-state index contributed by atoms with van der Waals surface area (Å²) in [6, 6.07) is 19.0. The first-order chi connectivity index (χ1) is 15.6. The van der Waals surface area contributed by atoms with Crippen LogP contribution in [0.25, 0.3) is 0 Å². The van der Waals surface area contributed by atoms with Gasteiger partial charge in [0.2, 0.25) is 5.91 Å². The molecule has 0 radical (unpaired) electrons. The zero-order valence-corrected chi connectivity index (χ0v) is 18.3. The van der Waals surface area contributed by atoms with Crippen molar-refractivity contribution in [3.63, 3.8) is 0 Å². The molecule has 0 bridgehead atoms. The Kier molecular flexibility index (Phi) is 7.12. The summed E-state index contributed by atoms with van der Waals surface area (Å²) in [5, 5.41) is 2.82. The second-order valence-electron chi connectivity index (χ2n) is 8.18. The van der Waals surface area contributed by atoms with Gasteiger partial charge < -0.3 is 10.1 Å². The summed E-state index contributed by atoms with van der Waals surface area (Å²) in [5.41, 5.74) is 4.24. The van der Waals surface area contributed by atoms with Gasteiger partial charge in [0, 0.05) is 25.7 Å². The molecule has 1 fully saturated rings. The highest BCUT2D eigenvalue weighted by Gasteiger charge is 2.26. The Morgan fingerprint density at radius 2 is 2.00 bits per heavy atom. The van der Waals surface area contributed by atoms with Crippen molar-refractivity contribution in [3.8, 4) is 5.75 Å². The lowest BCUT2D eigenvalue weighted by Crippen LogP contribution is -2.23. The number of nitrogens with zero attached hydrogens (tertiary/aromatic N) is 2. The third-order valence-electron chi connectivity index (χ3n) is 5.71. The largest absolute Gasteiger partial charge is 0.489 e. The molecule has 1 saturated heterocycles. The van der Waals surface area contributed by atoms with Crippen LogP contribution < -0.4 is 10.1 Å². The Balaban J connectivity index is 1.40. The van der Waals surface area contributed by atoms with E-state index in [2.05, 4.69) is 39.5 Å². The number of carbonyl (C=O) groups is 1. The molecule has 166 valence electrons. The Bertz CT molecular complexity index is 1050. The number of likely N-dealkylation sites (tertiary alicyclic amines) is 1. The van der Waals surface area contributed by atoms with E-state index in [0.717, 1.165) is 42.9 Å². The van der Waals surface area contributed by atoms with Crippen molar-refractivity contribution in [1.82, 2.24) is 15.2 Å². The molecule has 1 amide bonds. The van der Waals surface area contributed by atoms with Crippen LogP contribution in [0.3, 0.4) is 0 Å². The molecule has 3 aromatic rings. The number of pyridine rings is 1. The third kappa shape index (κ3) is 5.92. The topological polar surface area (TPSA) is 54.5 Å². The first-order valence-corrected chi connectivity index (χ1v) is 11.0. The van der Waals surface area contributed by atoms with Crippen molar-refractivity contribution in [2.45, 2.75) is 45.5 Å². The van der Waals surface area contributed by atoms with Gasteiger partial charge in [0.05, 0.1) is 12.2 Å². The number of carbonyl (C=O) groups excluding carboxylic acids is 1. The number of ether oxygens (including phenoxy) is 1. The van der Waals surface area contributed by atoms with Gasteiger partial charge >= 0.3 is 0 Å². The Labute approximate surface area is 188 Å². The third-order valence-corrected chi connectivity index (χ3v) is 5.71. The summed E-state index contributed by atoms with van der Waals surface area (Å²) in [7, 11) is 0. The van der Waals surface area contributed by atoms with Crippen molar-refractivity contribution in [2.24, 2.45) is 0 Å². The van der Waals surface area contributed by atoms with Gasteiger partial charge in [-0.3, -0.25) is 14.7 Å². The Morgan fingerprint density at radius 3 is 2.81 bits per heavy atom. The average Bonchev–Trinajstić information content (AvgIpc) is 3.26. The molecule has 0 aliphatic carbocycles. The fraction of sp³-hybridized carbons (Fsp3) is 0.308. The Morgan fingerprint density at radius 1 is 1.16 bits per heavy atom. The van der Waals surface area contributed by atoms with Crippen LogP contribution in [0.4, 0.5) is 4.39 Å². The molecule has 1 aliphatic rings. The van der Waals surface area contributed by atoms with Gasteiger partial charge in [0.1, 0.15) is 18.2 Å². The summed E-state index contributed by atoms with van der Waals surface area (Å²) in [6.45, 7) is 4.24. The second-order valence-corrected chi connectivity index (χ2v) is 8.18. The highest BCUT2D eigenvalue weighted by atomic mass is 19.1. The molecular formula is C26H28FN3O2. The average molecular weight is 434 g/mol. The molecule has 1 N–H and O–H groups in total. The van der Waals surface area contributed by atoms with Crippen molar-refractivity contribution < 1.29 is 13.9 Å². The van der Waals surface area contributed by atoms with E-state index in [0.29, 0.717) is 19.2 Å². The smallest absolute Gasteiger partial charge is 0.217 e. The SMILES string of the molecule is CC(=O)NCc1cc([C@H]2CCCN2Cc2cccc(OCc3ccc(F)cc3)c2)ccn1. The molecule has 0 saturated carbocycles. The highest BCUT2D eigenvalue weighted by Crippen LogP contribution is 2.33. The van der Waals surface area contributed by atoms with Gasteiger partial charge in [-0.15, -0.1) is 0 Å². The van der Waals surface area contributed by atoms with Crippen LogP contribution >= 0.6 is 0 Å². The zero-order valence-electron chi connectivity index (χ0n) is 18.3. The molecule has 6 heteroatoms. The maximum Gasteiger partial charge on any atom is 0.217 e. The number of hydrogen-bond acceptors (Lipinski definition) is 4. The molecule has 1 aromatic heterocycles. The summed E-state index contributed by atoms with van der Waals surface area (Å²) in [6.07, 6.45) is 4.08. The summed E-state index contributed by atoms with van der Waals surface area (Å²) in [4.78, 5) is 18.1. The predicted octanol–water partition coefficient (Wildman–Crippen LogP) is 4.77. The van der Waals surface area contributed by atoms with Gasteiger partial charge in [-0.25, -0.2) is 4.39 Å². The van der Waals surface area contributed by atoms with Crippen molar-refractivity contribution in [1.29, 1.82) is 0 Å². The van der Waals surface area contributed by atoms with E-state index in [-0.39, 0.29) is 11.7 Å². The first kappa shape index (κ1) is 22.0. The molecule has 4 rings (SSSR count). The number of halogens is 1. The highest BCUT2D eigenvalue weighted by molar-refractivity contribution is 5.72. The molecule has 32 heavy (non-hydrogen) atoms. The quantitative estimate of drug-likeness (QED) is 0.556. The number of aromatic nitrogens is 1. The van der Waals surface area contributed by atoms with Crippen LogP contribution in [0, 0.1) is 5.82 Å². The first-order valence-electron chi connectivity index (χ1n) is 11.0. The van der Waals surface area contributed by atoms with E-state index in [1.807, 2.05) is 18.3 Å². The standard InChI is InChI=1S/C26H28FN3O2/c1-19(31)29-16-24-15-22(11-12-28-24)26-6-3-13-30(26)17-21-4-2-5-25(14-21)32-18-20-7-9-23(27)10-8-20/h2,4-5,7-12,14-15,26H,3,6,13,16-18H2,1H3,(H,29,31)/t26-/m1/s1. The van der Waals surface area contributed by atoms with Gasteiger partial charge in [0.25, 0.3) is 0 Å². The molecule has 2 aromatic carbocycles. The molecule has 0 spiro atoms. The van der Waals surface area contributed by atoms with Gasteiger partial charge in [-0.2, -0.15) is 0 Å². The fourth-order valence-corrected chi connectivity index (χ4v) is 4.12. The van der Waals surface area contributed by atoms with E-state index in [1.165, 1.54) is 30.2 Å². The molecule has 5 nitrogen and oxygen atoms in total. The molecule has 1 atom stereocenters. The van der Waals surface area contributed by atoms with Crippen LogP contribution in [0.1, 0.15) is 48.2 Å². The van der Waals surface area contributed by atoms with Crippen molar-refractivity contribution >= 4 is 5.91 Å². The van der Waals surface area contributed by atoms with Crippen LogP contribution in [-0.4, -0.2) is 22.3 Å². The molecule has 2 heterocycles. The zero-order chi connectivity index (χ0) is 22.3. The summed E-state index contributed by atoms with van der Waals surface area (Å²) >= 11 is 0. The van der Waals surface area contributed by atoms with Crippen molar-refractivity contribution in [3.05, 3.63) is 95.1 Å². The molecular weight excluding hydrogens is 405 g/mol. The van der Waals surface area contributed by atoms with Crippen LogP contribution in [0.2, 0.25) is 0 Å². The van der Waals surface area contributed by atoms with Crippen LogP contribution in [0.15, 0.2) is 66.9 Å². The maximum atomic E-state index is 13.1. The van der Waals surface area contributed by atoms with Crippen LogP contribution in [-0.2, 0) is 24.5 Å². The monoisotopic (exact) mass is 433 g/mol. The lowest BCUT2D eigenvalue weighted by Gasteiger charge is -2.25. The minimum Gasteiger partial charge on any atom is -0.489 e. The van der Waals surface area contributed by atoms with Gasteiger partial charge in [-0.05, 0) is 72.5 Å². The minimum atomic E-state index is -0.243. The molecule has 1 aliphatic heterocycles. The normalized spacial score (nSPS) is 16.1. The van der Waals surface area contributed by atoms with E-state index >= 15 is 0 Å². The van der Waals surface area contributed by atoms with E-state index in [4.69, 9.17) is 4.74 Å². The summed E-state index contributed by atoms with van der Waals surface area (Å²) < 4.78 is 19.0. The number of amides is 1. The minimum absolute atomic E-state index is 0.0544. The number of rotatable bonds is 8. The second kappa shape index (κ2) is 10.4. The van der Waals surface area contributed by atoms with Crippen LogP contribution in [0.5, 0.6) is 5.75 Å². The van der Waals surface area contributed by atoms with Crippen molar-refractivity contribution in [2.75, 3.05) is 6.54 Å². The van der Waals surface area contributed by atoms with Gasteiger partial charge in [0.15, 0.2) is 0 Å². The van der Waals surface area contributed by atoms with E-state index < -0.39 is 0 Å². The Hall–Kier alpha value is -3.25. The van der Waals surface area contributed by atoms with E-state index in [9.17, 15) is 9.18 Å². The number of hydrogen-bond donors (Lipinski definition) is 1. The van der Waals surface area contributed by atoms with E-state index in [1.54, 1.807) is 12.1 Å². The maximum absolute atomic E-state index is 13.1. The lowest BCUT2D eigenvalue weighted by molar-refractivity contribution is -0.119. The number of nitrogens with one attached hydrogen (secondary N) is 1. The number of benzene rings is 2. The lowest BCUT2D eigenvalue weighted by atomic mass is 10.0. The molecule has 0 unspecified atom stereocenters. The fourth-order valence-electron chi connectivity index (χ4n) is 4.12.